The summed E-state index contributed by atoms with van der Waals surface area (Å²) in [5, 5.41) is 10.8. The van der Waals surface area contributed by atoms with Gasteiger partial charge in [0.25, 0.3) is 0 Å². The van der Waals surface area contributed by atoms with Crippen LogP contribution >= 0.6 is 0 Å². The summed E-state index contributed by atoms with van der Waals surface area (Å²) < 4.78 is 0. The highest BCUT2D eigenvalue weighted by molar-refractivity contribution is 5.41. The molecule has 0 bridgehead atoms. The third-order valence-electron chi connectivity index (χ3n) is 1.34. The molecule has 0 fully saturated rings. The zero-order valence-electron chi connectivity index (χ0n) is 8.47. The van der Waals surface area contributed by atoms with Gasteiger partial charge in [0.15, 0.2) is 5.82 Å². The lowest BCUT2D eigenvalue weighted by Gasteiger charge is -2.01. The molecule has 70 valence electrons. The average molecular weight is 169 g/mol. The van der Waals surface area contributed by atoms with E-state index in [1.165, 1.54) is 0 Å². The Morgan fingerprint density at radius 1 is 1.25 bits per heavy atom. The summed E-state index contributed by atoms with van der Waals surface area (Å²) in [6.45, 7) is 7.94. The first kappa shape index (κ1) is 10.9. The summed E-state index contributed by atoms with van der Waals surface area (Å²) in [5.41, 5.74) is 2.09. The van der Waals surface area contributed by atoms with Crippen molar-refractivity contribution in [3.8, 4) is 0 Å². The quantitative estimate of drug-likeness (QED) is 0.701. The van der Waals surface area contributed by atoms with Crippen LogP contribution in [0.4, 0.5) is 5.82 Å². The number of hydrogen-bond donors (Lipinski definition) is 1. The Morgan fingerprint density at radius 2 is 1.83 bits per heavy atom. The van der Waals surface area contributed by atoms with Crippen LogP contribution in [-0.4, -0.2) is 17.2 Å². The molecule has 1 N–H and O–H groups in total. The van der Waals surface area contributed by atoms with E-state index in [4.69, 9.17) is 0 Å². The SMILES string of the molecule is CC.CNc1nnc(C)cc1C.[HH]. The molecule has 0 aromatic carbocycles. The lowest BCUT2D eigenvalue weighted by molar-refractivity contribution is 0.969. The van der Waals surface area contributed by atoms with Crippen molar-refractivity contribution in [2.75, 3.05) is 12.4 Å². The maximum absolute atomic E-state index is 3.94. The van der Waals surface area contributed by atoms with Gasteiger partial charge in [-0.25, -0.2) is 0 Å². The predicted octanol–water partition coefficient (Wildman–Crippen LogP) is 2.41. The molecule has 12 heavy (non-hydrogen) atoms. The van der Waals surface area contributed by atoms with Crippen molar-refractivity contribution in [2.45, 2.75) is 27.7 Å². The van der Waals surface area contributed by atoms with Crippen LogP contribution in [0.2, 0.25) is 0 Å². The van der Waals surface area contributed by atoms with Crippen molar-refractivity contribution in [3.63, 3.8) is 0 Å². The minimum absolute atomic E-state index is 0. The van der Waals surface area contributed by atoms with Crippen molar-refractivity contribution in [1.82, 2.24) is 10.2 Å². The molecule has 0 aliphatic rings. The molecule has 0 atom stereocenters. The summed E-state index contributed by atoms with van der Waals surface area (Å²) >= 11 is 0. The largest absolute Gasteiger partial charge is 0.371 e. The smallest absolute Gasteiger partial charge is 0.151 e. The molecular formula is C9H19N3. The van der Waals surface area contributed by atoms with Gasteiger partial charge in [0.2, 0.25) is 0 Å². The van der Waals surface area contributed by atoms with Gasteiger partial charge in [0, 0.05) is 8.47 Å². The first-order valence-electron chi connectivity index (χ1n) is 4.22. The summed E-state index contributed by atoms with van der Waals surface area (Å²) in [6, 6.07) is 2.00. The highest BCUT2D eigenvalue weighted by Crippen LogP contribution is 2.07. The van der Waals surface area contributed by atoms with Crippen molar-refractivity contribution in [2.24, 2.45) is 0 Å². The zero-order valence-corrected chi connectivity index (χ0v) is 8.47. The van der Waals surface area contributed by atoms with Crippen LogP contribution in [0, 0.1) is 13.8 Å². The molecule has 0 saturated heterocycles. The molecular weight excluding hydrogens is 150 g/mol. The van der Waals surface area contributed by atoms with Gasteiger partial charge in [0.1, 0.15) is 0 Å². The Bertz CT molecular complexity index is 238. The lowest BCUT2D eigenvalue weighted by atomic mass is 10.3. The standard InChI is InChI=1S/C7H11N3.C2H6.H2/c1-5-4-6(2)9-10-7(5)8-3;1-2;/h4H,1-3H3,(H,8,10);1-2H3;1H. The second kappa shape index (κ2) is 5.52. The molecule has 3 heteroatoms. The van der Waals surface area contributed by atoms with E-state index in [0.29, 0.717) is 0 Å². The van der Waals surface area contributed by atoms with Crippen LogP contribution in [-0.2, 0) is 0 Å². The molecule has 0 spiro atoms. The van der Waals surface area contributed by atoms with Crippen LogP contribution in [0.3, 0.4) is 0 Å². The molecule has 0 aliphatic heterocycles. The Morgan fingerprint density at radius 3 is 2.25 bits per heavy atom. The summed E-state index contributed by atoms with van der Waals surface area (Å²) in [5.74, 6) is 0.852. The second-order valence-electron chi connectivity index (χ2n) is 2.27. The number of hydrogen-bond acceptors (Lipinski definition) is 3. The molecule has 1 aromatic rings. The van der Waals surface area contributed by atoms with E-state index in [0.717, 1.165) is 17.1 Å². The fourth-order valence-corrected chi connectivity index (χ4v) is 0.865. The molecule has 0 unspecified atom stereocenters. The number of aromatic nitrogens is 2. The van der Waals surface area contributed by atoms with Gasteiger partial charge in [-0.15, -0.1) is 5.10 Å². The third-order valence-corrected chi connectivity index (χ3v) is 1.34. The Kier molecular flexibility index (Phi) is 5.00. The maximum Gasteiger partial charge on any atom is 0.151 e. The summed E-state index contributed by atoms with van der Waals surface area (Å²) in [4.78, 5) is 0. The van der Waals surface area contributed by atoms with E-state index in [1.54, 1.807) is 0 Å². The topological polar surface area (TPSA) is 37.8 Å². The van der Waals surface area contributed by atoms with Gasteiger partial charge in [-0.3, -0.25) is 0 Å². The van der Waals surface area contributed by atoms with E-state index in [1.807, 2.05) is 40.8 Å². The molecule has 1 rings (SSSR count). The third kappa shape index (κ3) is 2.86. The number of nitrogens with one attached hydrogen (secondary N) is 1. The molecule has 0 saturated carbocycles. The lowest BCUT2D eigenvalue weighted by Crippen LogP contribution is -1.98. The highest BCUT2D eigenvalue weighted by Gasteiger charge is 1.96. The highest BCUT2D eigenvalue weighted by atomic mass is 15.2. The maximum atomic E-state index is 3.94. The van der Waals surface area contributed by atoms with Gasteiger partial charge in [-0.1, -0.05) is 13.8 Å². The van der Waals surface area contributed by atoms with Crippen LogP contribution in [0.25, 0.3) is 0 Å². The fourth-order valence-electron chi connectivity index (χ4n) is 0.865. The van der Waals surface area contributed by atoms with E-state index < -0.39 is 0 Å². The van der Waals surface area contributed by atoms with E-state index in [2.05, 4.69) is 15.5 Å². The summed E-state index contributed by atoms with van der Waals surface area (Å²) in [7, 11) is 1.84. The second-order valence-corrected chi connectivity index (χ2v) is 2.27. The number of nitrogens with zero attached hydrogens (tertiary/aromatic N) is 2. The van der Waals surface area contributed by atoms with Gasteiger partial charge < -0.3 is 5.32 Å². The molecule has 1 heterocycles. The van der Waals surface area contributed by atoms with E-state index in [9.17, 15) is 0 Å². The Labute approximate surface area is 75.7 Å². The van der Waals surface area contributed by atoms with Gasteiger partial charge >= 0.3 is 0 Å². The first-order valence-corrected chi connectivity index (χ1v) is 4.22. The molecule has 1 aromatic heterocycles. The van der Waals surface area contributed by atoms with Crippen molar-refractivity contribution >= 4 is 5.82 Å². The van der Waals surface area contributed by atoms with Crippen LogP contribution < -0.4 is 5.32 Å². The molecule has 3 nitrogen and oxygen atoms in total. The van der Waals surface area contributed by atoms with Crippen molar-refractivity contribution in [3.05, 3.63) is 17.3 Å². The molecule has 0 aliphatic carbocycles. The van der Waals surface area contributed by atoms with Gasteiger partial charge in [0.05, 0.1) is 5.69 Å². The number of rotatable bonds is 1. The minimum atomic E-state index is 0. The predicted molar refractivity (Wildman–Crippen MR) is 54.5 cm³/mol. The number of anilines is 1. The first-order chi connectivity index (χ1) is 5.74. The van der Waals surface area contributed by atoms with E-state index >= 15 is 0 Å². The normalized spacial score (nSPS) is 8.42. The Hall–Kier alpha value is -1.12. The van der Waals surface area contributed by atoms with Crippen LogP contribution in [0.1, 0.15) is 26.5 Å². The van der Waals surface area contributed by atoms with E-state index in [-0.39, 0.29) is 1.43 Å². The fraction of sp³-hybridized carbons (Fsp3) is 0.556. The number of aryl methyl sites for hydroxylation is 2. The summed E-state index contributed by atoms with van der Waals surface area (Å²) in [6.07, 6.45) is 0. The van der Waals surface area contributed by atoms with Crippen LogP contribution in [0.5, 0.6) is 0 Å². The minimum Gasteiger partial charge on any atom is -0.371 e. The molecule has 0 amide bonds. The monoisotopic (exact) mass is 169 g/mol. The van der Waals surface area contributed by atoms with Crippen LogP contribution in [0.15, 0.2) is 6.07 Å². The molecule has 0 radical (unpaired) electrons. The van der Waals surface area contributed by atoms with Gasteiger partial charge in [-0.05, 0) is 25.5 Å². The zero-order chi connectivity index (χ0) is 9.56. The van der Waals surface area contributed by atoms with Crippen molar-refractivity contribution < 1.29 is 1.43 Å². The van der Waals surface area contributed by atoms with Crippen molar-refractivity contribution in [1.29, 1.82) is 0 Å². The average Bonchev–Trinajstić information content (AvgIpc) is 2.08. The van der Waals surface area contributed by atoms with Gasteiger partial charge in [-0.2, -0.15) is 5.10 Å². The Balaban J connectivity index is 0.